The van der Waals surface area contributed by atoms with E-state index >= 15 is 0 Å². The van der Waals surface area contributed by atoms with Gasteiger partial charge < -0.3 is 10.2 Å². The smallest absolute Gasteiger partial charge is 0.340 e. The average molecular weight is 281 g/mol. The largest absolute Gasteiger partial charge is 0.422 e. The fourth-order valence-electron chi connectivity index (χ4n) is 2.48. The molecule has 0 radical (unpaired) electrons. The lowest BCUT2D eigenvalue weighted by Gasteiger charge is -2.13. The van der Waals surface area contributed by atoms with E-state index in [4.69, 9.17) is 10.2 Å². The van der Waals surface area contributed by atoms with Gasteiger partial charge in [0, 0.05) is 17.6 Å². The monoisotopic (exact) mass is 280 g/mol. The minimum atomic E-state index is -0.237. The Balaban J connectivity index is 0.00000133. The molecule has 102 valence electrons. The van der Waals surface area contributed by atoms with Crippen molar-refractivity contribution < 1.29 is 4.42 Å². The van der Waals surface area contributed by atoms with E-state index in [2.05, 4.69) is 4.90 Å². The zero-order valence-electron chi connectivity index (χ0n) is 10.6. The van der Waals surface area contributed by atoms with Gasteiger partial charge in [-0.2, -0.15) is 0 Å². The van der Waals surface area contributed by atoms with Crippen molar-refractivity contribution in [3.05, 3.63) is 40.2 Å². The number of likely N-dealkylation sites (tertiary alicyclic amines) is 1. The molecule has 1 aromatic carbocycles. The van der Waals surface area contributed by atoms with Crippen molar-refractivity contribution in [2.75, 3.05) is 18.8 Å². The van der Waals surface area contributed by atoms with E-state index in [0.29, 0.717) is 17.8 Å². The Kier molecular flexibility index (Phi) is 4.12. The van der Waals surface area contributed by atoms with Gasteiger partial charge in [0.2, 0.25) is 0 Å². The van der Waals surface area contributed by atoms with Crippen molar-refractivity contribution in [3.63, 3.8) is 0 Å². The van der Waals surface area contributed by atoms with Crippen molar-refractivity contribution >= 4 is 29.1 Å². The van der Waals surface area contributed by atoms with Gasteiger partial charge in [-0.3, -0.25) is 4.90 Å². The summed E-state index contributed by atoms with van der Waals surface area (Å²) in [6.45, 7) is 2.80. The Bertz CT molecular complexity index is 633. The molecule has 0 aliphatic carbocycles. The van der Waals surface area contributed by atoms with Crippen LogP contribution >= 0.6 is 12.4 Å². The van der Waals surface area contributed by atoms with Gasteiger partial charge in [0.25, 0.3) is 0 Å². The first kappa shape index (κ1) is 13.9. The summed E-state index contributed by atoms with van der Waals surface area (Å²) < 4.78 is 5.32. The molecule has 1 aliphatic rings. The van der Waals surface area contributed by atoms with E-state index < -0.39 is 0 Å². The zero-order chi connectivity index (χ0) is 12.5. The van der Waals surface area contributed by atoms with Crippen LogP contribution in [0.4, 0.5) is 5.69 Å². The highest BCUT2D eigenvalue weighted by Crippen LogP contribution is 2.18. The zero-order valence-corrected chi connectivity index (χ0v) is 11.4. The average Bonchev–Trinajstić information content (AvgIpc) is 2.83. The second-order valence-corrected chi connectivity index (χ2v) is 4.84. The van der Waals surface area contributed by atoms with Gasteiger partial charge in [-0.25, -0.2) is 4.79 Å². The molecule has 0 atom stereocenters. The summed E-state index contributed by atoms with van der Waals surface area (Å²) in [5.41, 5.74) is 7.51. The quantitative estimate of drug-likeness (QED) is 0.678. The van der Waals surface area contributed by atoms with E-state index in [1.54, 1.807) is 12.1 Å². The second-order valence-electron chi connectivity index (χ2n) is 4.84. The maximum Gasteiger partial charge on any atom is 0.340 e. The van der Waals surface area contributed by atoms with E-state index in [9.17, 15) is 4.79 Å². The molecule has 0 saturated carbocycles. The lowest BCUT2D eigenvalue weighted by molar-refractivity contribution is 0.325. The highest BCUT2D eigenvalue weighted by atomic mass is 35.5. The van der Waals surface area contributed by atoms with Crippen LogP contribution in [0.3, 0.4) is 0 Å². The molecule has 1 fully saturated rings. The first-order valence-corrected chi connectivity index (χ1v) is 6.27. The van der Waals surface area contributed by atoms with Crippen LogP contribution < -0.4 is 11.4 Å². The Morgan fingerprint density at radius 2 is 1.95 bits per heavy atom. The van der Waals surface area contributed by atoms with Crippen LogP contribution in [0.5, 0.6) is 0 Å². The van der Waals surface area contributed by atoms with E-state index in [1.807, 2.05) is 12.1 Å². The molecule has 0 bridgehead atoms. The molecule has 1 aliphatic heterocycles. The summed E-state index contributed by atoms with van der Waals surface area (Å²) in [5.74, 6) is 0. The number of nitrogen functional groups attached to an aromatic ring is 1. The molecular weight excluding hydrogens is 264 g/mol. The van der Waals surface area contributed by atoms with E-state index in [0.717, 1.165) is 24.0 Å². The molecule has 5 heteroatoms. The third-order valence-corrected chi connectivity index (χ3v) is 3.42. The SMILES string of the molecule is Cl.Nc1ccc2oc(=O)c(CN3CCCC3)cc2c1. The van der Waals surface area contributed by atoms with Gasteiger partial charge in [-0.15, -0.1) is 12.4 Å². The number of nitrogens with two attached hydrogens (primary N) is 1. The molecule has 2 aromatic rings. The molecule has 0 spiro atoms. The predicted octanol–water partition coefficient (Wildman–Crippen LogP) is 2.39. The molecule has 19 heavy (non-hydrogen) atoms. The van der Waals surface area contributed by atoms with Gasteiger partial charge in [-0.1, -0.05) is 0 Å². The Morgan fingerprint density at radius 1 is 1.21 bits per heavy atom. The molecule has 0 amide bonds. The highest BCUT2D eigenvalue weighted by Gasteiger charge is 2.14. The number of hydrogen-bond acceptors (Lipinski definition) is 4. The fourth-order valence-corrected chi connectivity index (χ4v) is 2.48. The van der Waals surface area contributed by atoms with Crippen LogP contribution in [-0.2, 0) is 6.54 Å². The second kappa shape index (κ2) is 5.63. The van der Waals surface area contributed by atoms with Gasteiger partial charge >= 0.3 is 5.63 Å². The van der Waals surface area contributed by atoms with Crippen molar-refractivity contribution in [3.8, 4) is 0 Å². The molecule has 3 rings (SSSR count). The summed E-state index contributed by atoms with van der Waals surface area (Å²) >= 11 is 0. The molecule has 1 aromatic heterocycles. The minimum Gasteiger partial charge on any atom is -0.422 e. The fraction of sp³-hybridized carbons (Fsp3) is 0.357. The summed E-state index contributed by atoms with van der Waals surface area (Å²) in [5, 5.41) is 0.892. The van der Waals surface area contributed by atoms with Crippen molar-refractivity contribution in [2.24, 2.45) is 0 Å². The van der Waals surface area contributed by atoms with E-state index in [-0.39, 0.29) is 18.0 Å². The van der Waals surface area contributed by atoms with Gasteiger partial charge in [0.05, 0.1) is 5.56 Å². The molecule has 0 unspecified atom stereocenters. The topological polar surface area (TPSA) is 59.5 Å². The maximum atomic E-state index is 11.9. The first-order valence-electron chi connectivity index (χ1n) is 6.27. The molecular formula is C14H17ClN2O2. The summed E-state index contributed by atoms with van der Waals surface area (Å²) in [4.78, 5) is 14.2. The maximum absolute atomic E-state index is 11.9. The standard InChI is InChI=1S/C14H16N2O2.ClH/c15-12-3-4-13-10(8-12)7-11(14(17)18-13)9-16-5-1-2-6-16;/h3-4,7-8H,1-2,5-6,9,15H2;1H. The number of anilines is 1. The molecule has 2 heterocycles. The summed E-state index contributed by atoms with van der Waals surface area (Å²) in [6, 6.07) is 7.22. The van der Waals surface area contributed by atoms with Crippen molar-refractivity contribution in [1.82, 2.24) is 4.90 Å². The van der Waals surface area contributed by atoms with Crippen LogP contribution in [0.15, 0.2) is 33.5 Å². The normalized spacial score (nSPS) is 15.6. The lowest BCUT2D eigenvalue weighted by Crippen LogP contribution is -2.22. The Morgan fingerprint density at radius 3 is 2.68 bits per heavy atom. The summed E-state index contributed by atoms with van der Waals surface area (Å²) in [7, 11) is 0. The molecule has 4 nitrogen and oxygen atoms in total. The van der Waals surface area contributed by atoms with Gasteiger partial charge in [0.15, 0.2) is 0 Å². The number of rotatable bonds is 2. The van der Waals surface area contributed by atoms with Crippen molar-refractivity contribution in [2.45, 2.75) is 19.4 Å². The third kappa shape index (κ3) is 2.91. The van der Waals surface area contributed by atoms with Crippen LogP contribution in [0.25, 0.3) is 11.0 Å². The number of nitrogens with zero attached hydrogens (tertiary/aromatic N) is 1. The molecule has 2 N–H and O–H groups in total. The number of fused-ring (bicyclic) bond motifs is 1. The van der Waals surface area contributed by atoms with Crippen LogP contribution in [0.1, 0.15) is 18.4 Å². The third-order valence-electron chi connectivity index (χ3n) is 3.42. The van der Waals surface area contributed by atoms with Gasteiger partial charge in [-0.05, 0) is 50.2 Å². The van der Waals surface area contributed by atoms with Crippen LogP contribution in [0, 0.1) is 0 Å². The highest BCUT2D eigenvalue weighted by molar-refractivity contribution is 5.85. The van der Waals surface area contributed by atoms with Crippen molar-refractivity contribution in [1.29, 1.82) is 0 Å². The van der Waals surface area contributed by atoms with Crippen LogP contribution in [0.2, 0.25) is 0 Å². The Labute approximate surface area is 117 Å². The van der Waals surface area contributed by atoms with Crippen LogP contribution in [-0.4, -0.2) is 18.0 Å². The number of benzene rings is 1. The number of halogens is 1. The minimum absolute atomic E-state index is 0. The summed E-state index contributed by atoms with van der Waals surface area (Å²) in [6.07, 6.45) is 2.43. The predicted molar refractivity (Wildman–Crippen MR) is 78.7 cm³/mol. The first-order chi connectivity index (χ1) is 8.72. The van der Waals surface area contributed by atoms with Gasteiger partial charge in [0.1, 0.15) is 5.58 Å². The molecule has 1 saturated heterocycles. The Hall–Kier alpha value is -1.52. The lowest BCUT2D eigenvalue weighted by atomic mass is 10.1. The van der Waals surface area contributed by atoms with E-state index in [1.165, 1.54) is 12.8 Å². The number of hydrogen-bond donors (Lipinski definition) is 1.